The molecule has 0 aromatic carbocycles. The lowest BCUT2D eigenvalue weighted by molar-refractivity contribution is -0.135. The number of likely N-dealkylation sites (N-methyl/N-ethyl adjacent to an activating group) is 1. The average Bonchev–Trinajstić information content (AvgIpc) is 2.03. The Labute approximate surface area is 84.3 Å². The van der Waals surface area contributed by atoms with Crippen LogP contribution in [0.3, 0.4) is 0 Å². The molecule has 5 heteroatoms. The molecule has 0 unspecified atom stereocenters. The first-order chi connectivity index (χ1) is 6.09. The van der Waals surface area contributed by atoms with Crippen molar-refractivity contribution in [2.75, 3.05) is 18.5 Å². The molecule has 0 saturated carbocycles. The van der Waals surface area contributed by atoms with Crippen LogP contribution in [-0.2, 0) is 4.79 Å². The van der Waals surface area contributed by atoms with Gasteiger partial charge in [-0.1, -0.05) is 6.07 Å². The molecule has 0 aliphatic rings. The van der Waals surface area contributed by atoms with E-state index in [-0.39, 0.29) is 6.54 Å². The number of carboxylic acids is 1. The third-order valence-corrected chi connectivity index (χ3v) is 1.91. The summed E-state index contributed by atoms with van der Waals surface area (Å²) >= 11 is 3.21. The summed E-state index contributed by atoms with van der Waals surface area (Å²) in [7, 11) is 1.68. The molecule has 1 aromatic rings. The van der Waals surface area contributed by atoms with Crippen molar-refractivity contribution < 1.29 is 9.90 Å². The maximum atomic E-state index is 10.4. The number of hydrogen-bond acceptors (Lipinski definition) is 3. The van der Waals surface area contributed by atoms with Gasteiger partial charge in [-0.05, 0) is 28.1 Å². The van der Waals surface area contributed by atoms with Crippen molar-refractivity contribution in [1.29, 1.82) is 0 Å². The van der Waals surface area contributed by atoms with Gasteiger partial charge in [0.1, 0.15) is 17.0 Å². The van der Waals surface area contributed by atoms with Crippen molar-refractivity contribution in [2.24, 2.45) is 0 Å². The number of carbonyl (C=O) groups is 1. The minimum atomic E-state index is -0.871. The molecule has 4 nitrogen and oxygen atoms in total. The number of rotatable bonds is 3. The molecule has 0 spiro atoms. The zero-order valence-electron chi connectivity index (χ0n) is 7.07. The molecule has 0 radical (unpaired) electrons. The number of pyridine rings is 1. The molecule has 1 aromatic heterocycles. The SMILES string of the molecule is CN(CC(=O)O)c1cccc(Br)n1. The van der Waals surface area contributed by atoms with Gasteiger partial charge in [0.25, 0.3) is 0 Å². The highest BCUT2D eigenvalue weighted by molar-refractivity contribution is 9.10. The first kappa shape index (κ1) is 9.98. The Hall–Kier alpha value is -1.10. The van der Waals surface area contributed by atoms with Crippen LogP contribution in [0.25, 0.3) is 0 Å². The second-order valence-electron chi connectivity index (χ2n) is 2.57. The van der Waals surface area contributed by atoms with E-state index in [1.54, 1.807) is 24.1 Å². The molecule has 0 saturated heterocycles. The molecule has 13 heavy (non-hydrogen) atoms. The van der Waals surface area contributed by atoms with E-state index in [0.717, 1.165) is 0 Å². The summed E-state index contributed by atoms with van der Waals surface area (Å²) in [6.45, 7) is -0.0521. The number of aliphatic carboxylic acids is 1. The van der Waals surface area contributed by atoms with E-state index in [0.29, 0.717) is 10.4 Å². The standard InChI is InChI=1S/C8H9BrN2O2/c1-11(5-8(12)13)7-4-2-3-6(9)10-7/h2-4H,5H2,1H3,(H,12,13). The predicted octanol–water partition coefficient (Wildman–Crippen LogP) is 1.36. The van der Waals surface area contributed by atoms with E-state index >= 15 is 0 Å². The van der Waals surface area contributed by atoms with Crippen LogP contribution >= 0.6 is 15.9 Å². The third kappa shape index (κ3) is 3.02. The molecule has 70 valence electrons. The number of halogens is 1. The third-order valence-electron chi connectivity index (χ3n) is 1.46. The van der Waals surface area contributed by atoms with E-state index in [2.05, 4.69) is 20.9 Å². The molecule has 0 aliphatic carbocycles. The molecule has 1 heterocycles. The highest BCUT2D eigenvalue weighted by Gasteiger charge is 2.06. The number of hydrogen-bond donors (Lipinski definition) is 1. The Kier molecular flexibility index (Phi) is 3.25. The van der Waals surface area contributed by atoms with E-state index in [1.165, 1.54) is 0 Å². The summed E-state index contributed by atoms with van der Waals surface area (Å²) in [6.07, 6.45) is 0. The van der Waals surface area contributed by atoms with Crippen LogP contribution < -0.4 is 4.90 Å². The maximum Gasteiger partial charge on any atom is 0.323 e. The van der Waals surface area contributed by atoms with Gasteiger partial charge in [0.05, 0.1) is 0 Å². The van der Waals surface area contributed by atoms with Crippen molar-refractivity contribution in [3.63, 3.8) is 0 Å². The van der Waals surface area contributed by atoms with Gasteiger partial charge < -0.3 is 10.0 Å². The first-order valence-corrected chi connectivity index (χ1v) is 4.44. The number of carboxylic acid groups (broad SMARTS) is 1. The van der Waals surface area contributed by atoms with Gasteiger partial charge in [0, 0.05) is 7.05 Å². The molecule has 1 rings (SSSR count). The maximum absolute atomic E-state index is 10.4. The van der Waals surface area contributed by atoms with Crippen LogP contribution in [0, 0.1) is 0 Å². The van der Waals surface area contributed by atoms with Crippen molar-refractivity contribution >= 4 is 27.7 Å². The molecular formula is C8H9BrN2O2. The number of aromatic nitrogens is 1. The summed E-state index contributed by atoms with van der Waals surface area (Å²) < 4.78 is 0.697. The van der Waals surface area contributed by atoms with E-state index in [4.69, 9.17) is 5.11 Å². The van der Waals surface area contributed by atoms with Gasteiger partial charge in [-0.2, -0.15) is 0 Å². The summed E-state index contributed by atoms with van der Waals surface area (Å²) in [5, 5.41) is 8.53. The first-order valence-electron chi connectivity index (χ1n) is 3.65. The van der Waals surface area contributed by atoms with Gasteiger partial charge in [0.15, 0.2) is 0 Å². The fraction of sp³-hybridized carbons (Fsp3) is 0.250. The van der Waals surface area contributed by atoms with Crippen LogP contribution in [0.15, 0.2) is 22.8 Å². The lowest BCUT2D eigenvalue weighted by atomic mass is 10.4. The van der Waals surface area contributed by atoms with E-state index in [9.17, 15) is 4.79 Å². The topological polar surface area (TPSA) is 53.4 Å². The minimum Gasteiger partial charge on any atom is -0.480 e. The van der Waals surface area contributed by atoms with E-state index < -0.39 is 5.97 Å². The Morgan fingerprint density at radius 1 is 1.69 bits per heavy atom. The van der Waals surface area contributed by atoms with Crippen LogP contribution in [0.1, 0.15) is 0 Å². The Bertz CT molecular complexity index is 317. The fourth-order valence-corrected chi connectivity index (χ4v) is 1.23. The summed E-state index contributed by atoms with van der Waals surface area (Å²) in [6, 6.07) is 5.36. The zero-order valence-corrected chi connectivity index (χ0v) is 8.65. The molecule has 0 bridgehead atoms. The normalized spacial score (nSPS) is 9.69. The second-order valence-corrected chi connectivity index (χ2v) is 3.38. The van der Waals surface area contributed by atoms with Crippen LogP contribution in [0.5, 0.6) is 0 Å². The van der Waals surface area contributed by atoms with Gasteiger partial charge in [-0.25, -0.2) is 4.98 Å². The Morgan fingerprint density at radius 2 is 2.38 bits per heavy atom. The molecule has 0 fully saturated rings. The van der Waals surface area contributed by atoms with Gasteiger partial charge in [-0.15, -0.1) is 0 Å². The lowest BCUT2D eigenvalue weighted by Gasteiger charge is -2.14. The van der Waals surface area contributed by atoms with Gasteiger partial charge in [0.2, 0.25) is 0 Å². The molecule has 0 amide bonds. The molecular weight excluding hydrogens is 236 g/mol. The van der Waals surface area contributed by atoms with Crippen LogP contribution in [-0.4, -0.2) is 29.7 Å². The molecule has 0 atom stereocenters. The average molecular weight is 245 g/mol. The summed E-state index contributed by atoms with van der Waals surface area (Å²) in [5.41, 5.74) is 0. The highest BCUT2D eigenvalue weighted by Crippen LogP contribution is 2.12. The zero-order chi connectivity index (χ0) is 9.84. The highest BCUT2D eigenvalue weighted by atomic mass is 79.9. The second kappa shape index (κ2) is 4.23. The quantitative estimate of drug-likeness (QED) is 0.817. The van der Waals surface area contributed by atoms with Gasteiger partial charge >= 0.3 is 5.97 Å². The summed E-state index contributed by atoms with van der Waals surface area (Å²) in [4.78, 5) is 16.1. The largest absolute Gasteiger partial charge is 0.480 e. The molecule has 0 aliphatic heterocycles. The fourth-order valence-electron chi connectivity index (χ4n) is 0.894. The summed E-state index contributed by atoms with van der Waals surface area (Å²) in [5.74, 6) is -0.235. The Morgan fingerprint density at radius 3 is 2.92 bits per heavy atom. The molecule has 1 N–H and O–H groups in total. The lowest BCUT2D eigenvalue weighted by Crippen LogP contribution is -2.25. The van der Waals surface area contributed by atoms with Crippen molar-refractivity contribution in [1.82, 2.24) is 4.98 Å². The monoisotopic (exact) mass is 244 g/mol. The smallest absolute Gasteiger partial charge is 0.323 e. The van der Waals surface area contributed by atoms with Crippen molar-refractivity contribution in [3.05, 3.63) is 22.8 Å². The number of nitrogens with zero attached hydrogens (tertiary/aromatic N) is 2. The van der Waals surface area contributed by atoms with Crippen molar-refractivity contribution in [3.8, 4) is 0 Å². The Balaban J connectivity index is 2.76. The van der Waals surface area contributed by atoms with E-state index in [1.807, 2.05) is 6.07 Å². The number of anilines is 1. The van der Waals surface area contributed by atoms with Crippen LogP contribution in [0.2, 0.25) is 0 Å². The van der Waals surface area contributed by atoms with Crippen molar-refractivity contribution in [2.45, 2.75) is 0 Å². The van der Waals surface area contributed by atoms with Gasteiger partial charge in [-0.3, -0.25) is 4.79 Å². The van der Waals surface area contributed by atoms with Crippen LogP contribution in [0.4, 0.5) is 5.82 Å². The predicted molar refractivity (Wildman–Crippen MR) is 52.8 cm³/mol. The minimum absolute atomic E-state index is 0.0521.